The standard InChI is InChI=1S/C30H35NO2Si/c1-24(2)15-14-16-25(3)23-29(33-30(32)31-26-17-8-5-9-18-26)34(4,27-19-10-6-11-20-27)28-21-12-7-13-22-28/h5-13,15,17-23,29H,14,16H2,1-4H3,(H,31,32)/b25-23-/t29-/m1/s1. The SMILES string of the molecule is CC(C)=CCC/C(C)=C\[C@H](OC(=O)Nc1ccccc1)[Si](C)(c1ccccc1)c1ccccc1. The maximum Gasteiger partial charge on any atom is 0.411 e. The monoisotopic (exact) mass is 469 g/mol. The van der Waals surface area contributed by atoms with Gasteiger partial charge in [0.05, 0.1) is 0 Å². The first-order valence-electron chi connectivity index (χ1n) is 11.8. The Morgan fingerprint density at radius 1 is 0.853 bits per heavy atom. The van der Waals surface area contributed by atoms with Gasteiger partial charge in [-0.25, -0.2) is 4.79 Å². The molecule has 0 fully saturated rings. The fraction of sp³-hybridized carbons (Fsp3) is 0.233. The molecule has 176 valence electrons. The van der Waals surface area contributed by atoms with E-state index in [1.807, 2.05) is 42.5 Å². The smallest absolute Gasteiger partial charge is 0.411 e. The van der Waals surface area contributed by atoms with Crippen molar-refractivity contribution in [3.63, 3.8) is 0 Å². The minimum Gasteiger partial charge on any atom is -0.445 e. The Bertz CT molecular complexity index is 1060. The third-order valence-corrected chi connectivity index (χ3v) is 10.6. The van der Waals surface area contributed by atoms with E-state index < -0.39 is 14.2 Å². The van der Waals surface area contributed by atoms with E-state index >= 15 is 0 Å². The second kappa shape index (κ2) is 12.2. The molecular formula is C30H35NO2Si. The van der Waals surface area contributed by atoms with Crippen LogP contribution >= 0.6 is 0 Å². The Hall–Kier alpha value is -3.37. The number of carbonyl (C=O) groups excluding carboxylic acids is 1. The summed E-state index contributed by atoms with van der Waals surface area (Å²) in [5.41, 5.74) is 2.89. The Morgan fingerprint density at radius 3 is 1.85 bits per heavy atom. The average Bonchev–Trinajstić information content (AvgIpc) is 2.84. The fourth-order valence-electron chi connectivity index (χ4n) is 4.10. The van der Waals surface area contributed by atoms with Crippen LogP contribution in [0.25, 0.3) is 0 Å². The van der Waals surface area contributed by atoms with E-state index in [0.717, 1.165) is 18.5 Å². The molecule has 4 heteroatoms. The van der Waals surface area contributed by atoms with E-state index in [1.54, 1.807) is 0 Å². The van der Waals surface area contributed by atoms with E-state index in [1.165, 1.54) is 21.5 Å². The number of benzene rings is 3. The Kier molecular flexibility index (Phi) is 9.05. The number of anilines is 1. The molecule has 3 aromatic carbocycles. The van der Waals surface area contributed by atoms with E-state index in [0.29, 0.717) is 0 Å². The van der Waals surface area contributed by atoms with Crippen molar-refractivity contribution in [2.24, 2.45) is 0 Å². The summed E-state index contributed by atoms with van der Waals surface area (Å²) in [6.07, 6.45) is 5.90. The lowest BCUT2D eigenvalue weighted by Crippen LogP contribution is -2.65. The van der Waals surface area contributed by atoms with Crippen LogP contribution < -0.4 is 15.7 Å². The van der Waals surface area contributed by atoms with Crippen molar-refractivity contribution in [2.75, 3.05) is 5.32 Å². The second-order valence-electron chi connectivity index (χ2n) is 9.08. The van der Waals surface area contributed by atoms with E-state index in [4.69, 9.17) is 4.74 Å². The van der Waals surface area contributed by atoms with Crippen LogP contribution in [-0.4, -0.2) is 19.9 Å². The molecule has 0 aliphatic carbocycles. The topological polar surface area (TPSA) is 38.3 Å². The van der Waals surface area contributed by atoms with Crippen molar-refractivity contribution < 1.29 is 9.53 Å². The average molecular weight is 470 g/mol. The Labute approximate surface area is 205 Å². The minimum atomic E-state index is -2.51. The molecule has 1 N–H and O–H groups in total. The summed E-state index contributed by atoms with van der Waals surface area (Å²) < 4.78 is 6.25. The second-order valence-corrected chi connectivity index (χ2v) is 13.2. The lowest BCUT2D eigenvalue weighted by atomic mass is 10.1. The van der Waals surface area contributed by atoms with Crippen molar-refractivity contribution in [3.05, 3.63) is 114 Å². The number of rotatable bonds is 9. The van der Waals surface area contributed by atoms with Gasteiger partial charge in [-0.15, -0.1) is 0 Å². The molecule has 3 rings (SSSR count). The summed E-state index contributed by atoms with van der Waals surface area (Å²) in [4.78, 5) is 13.1. The highest BCUT2D eigenvalue weighted by Crippen LogP contribution is 2.20. The van der Waals surface area contributed by atoms with Gasteiger partial charge in [-0.1, -0.05) is 103 Å². The molecule has 0 spiro atoms. The van der Waals surface area contributed by atoms with Crippen LogP contribution in [0.4, 0.5) is 10.5 Å². The summed E-state index contributed by atoms with van der Waals surface area (Å²) in [6.45, 7) is 8.66. The largest absolute Gasteiger partial charge is 0.445 e. The van der Waals surface area contributed by atoms with Crippen LogP contribution in [0.15, 0.2) is 114 Å². The van der Waals surface area contributed by atoms with Gasteiger partial charge >= 0.3 is 6.09 Å². The highest BCUT2D eigenvalue weighted by Gasteiger charge is 2.42. The first-order valence-corrected chi connectivity index (χ1v) is 14.4. The number of para-hydroxylation sites is 1. The van der Waals surface area contributed by atoms with Crippen molar-refractivity contribution in [2.45, 2.75) is 45.9 Å². The first-order chi connectivity index (χ1) is 16.4. The molecule has 0 unspecified atom stereocenters. The lowest BCUT2D eigenvalue weighted by molar-refractivity contribution is 0.159. The zero-order chi connectivity index (χ0) is 24.4. The predicted molar refractivity (Wildman–Crippen MR) is 147 cm³/mol. The first kappa shape index (κ1) is 25.3. The number of carbonyl (C=O) groups is 1. The van der Waals surface area contributed by atoms with E-state index in [-0.39, 0.29) is 5.73 Å². The fourth-order valence-corrected chi connectivity index (χ4v) is 7.82. The molecule has 0 aliphatic heterocycles. The molecule has 0 saturated carbocycles. The van der Waals surface area contributed by atoms with Gasteiger partial charge in [0, 0.05) is 5.69 Å². The number of ether oxygens (including phenoxy) is 1. The summed E-state index contributed by atoms with van der Waals surface area (Å²) in [5.74, 6) is 0. The summed E-state index contributed by atoms with van der Waals surface area (Å²) in [6, 6.07) is 30.4. The molecule has 0 bridgehead atoms. The summed E-state index contributed by atoms with van der Waals surface area (Å²) >= 11 is 0. The molecule has 0 saturated heterocycles. The van der Waals surface area contributed by atoms with Crippen LogP contribution in [0.2, 0.25) is 6.55 Å². The lowest BCUT2D eigenvalue weighted by Gasteiger charge is -2.35. The maximum absolute atomic E-state index is 13.1. The molecule has 34 heavy (non-hydrogen) atoms. The van der Waals surface area contributed by atoms with E-state index in [2.05, 4.69) is 93.3 Å². The molecular weight excluding hydrogens is 434 g/mol. The van der Waals surface area contributed by atoms with Crippen molar-refractivity contribution in [3.8, 4) is 0 Å². The normalized spacial score (nSPS) is 12.5. The summed E-state index contributed by atoms with van der Waals surface area (Å²) in [7, 11) is -2.51. The molecule has 1 amide bonds. The highest BCUT2D eigenvalue weighted by atomic mass is 28.3. The van der Waals surface area contributed by atoms with Gasteiger partial charge in [0.25, 0.3) is 0 Å². The van der Waals surface area contributed by atoms with Crippen LogP contribution in [0.5, 0.6) is 0 Å². The van der Waals surface area contributed by atoms with Gasteiger partial charge in [0.2, 0.25) is 0 Å². The molecule has 0 aliphatic rings. The molecule has 0 aromatic heterocycles. The number of hydrogen-bond donors (Lipinski definition) is 1. The number of allylic oxidation sites excluding steroid dienone is 3. The zero-order valence-electron chi connectivity index (χ0n) is 20.6. The van der Waals surface area contributed by atoms with Crippen LogP contribution in [-0.2, 0) is 4.74 Å². The number of hydrogen-bond acceptors (Lipinski definition) is 2. The van der Waals surface area contributed by atoms with Gasteiger partial charge in [-0.2, -0.15) is 0 Å². The highest BCUT2D eigenvalue weighted by molar-refractivity contribution is 7.02. The predicted octanol–water partition coefficient (Wildman–Crippen LogP) is 6.73. The Morgan fingerprint density at radius 2 is 1.35 bits per heavy atom. The van der Waals surface area contributed by atoms with Crippen LogP contribution in [0.3, 0.4) is 0 Å². The maximum atomic E-state index is 13.1. The van der Waals surface area contributed by atoms with Gasteiger partial charge < -0.3 is 4.74 Å². The van der Waals surface area contributed by atoms with Crippen molar-refractivity contribution in [1.82, 2.24) is 0 Å². The van der Waals surface area contributed by atoms with E-state index in [9.17, 15) is 4.79 Å². The summed E-state index contributed by atoms with van der Waals surface area (Å²) in [5, 5.41) is 5.36. The minimum absolute atomic E-state index is 0.368. The molecule has 3 nitrogen and oxygen atoms in total. The zero-order valence-corrected chi connectivity index (χ0v) is 21.6. The third kappa shape index (κ3) is 6.81. The van der Waals surface area contributed by atoms with Gasteiger partial charge in [0.15, 0.2) is 8.07 Å². The van der Waals surface area contributed by atoms with Crippen LogP contribution in [0, 0.1) is 0 Å². The molecule has 3 aromatic rings. The van der Waals surface area contributed by atoms with Crippen LogP contribution in [0.1, 0.15) is 33.6 Å². The molecule has 0 radical (unpaired) electrons. The molecule has 0 heterocycles. The third-order valence-electron chi connectivity index (χ3n) is 6.10. The van der Waals surface area contributed by atoms with Crippen molar-refractivity contribution >= 4 is 30.2 Å². The van der Waals surface area contributed by atoms with Crippen molar-refractivity contribution in [1.29, 1.82) is 0 Å². The number of amides is 1. The van der Waals surface area contributed by atoms with Gasteiger partial charge in [-0.3, -0.25) is 5.32 Å². The quantitative estimate of drug-likeness (QED) is 0.279. The molecule has 1 atom stereocenters. The number of nitrogens with one attached hydrogen (secondary N) is 1. The van der Waals surface area contributed by atoms with Gasteiger partial charge in [0.1, 0.15) is 5.73 Å². The Balaban J connectivity index is 2.01. The van der Waals surface area contributed by atoms with Gasteiger partial charge in [-0.05, 0) is 62.2 Å².